The van der Waals surface area contributed by atoms with Gasteiger partial charge in [0.25, 0.3) is 0 Å². The van der Waals surface area contributed by atoms with Gasteiger partial charge < -0.3 is 15.6 Å². The SMILES string of the molecule is CC(C)(C)c1cc(-c2cnc(Nc3cccc(Cl)c3)nc2N)no1. The summed E-state index contributed by atoms with van der Waals surface area (Å²) in [6, 6.07) is 9.14. The number of hydrogen-bond donors (Lipinski definition) is 2. The van der Waals surface area contributed by atoms with Crippen LogP contribution in [0.1, 0.15) is 26.5 Å². The fraction of sp³-hybridized carbons (Fsp3) is 0.235. The van der Waals surface area contributed by atoms with E-state index in [4.69, 9.17) is 21.9 Å². The van der Waals surface area contributed by atoms with E-state index in [-0.39, 0.29) is 5.41 Å². The lowest BCUT2D eigenvalue weighted by molar-refractivity contribution is 0.330. The third-order valence-corrected chi connectivity index (χ3v) is 3.66. The highest BCUT2D eigenvalue weighted by atomic mass is 35.5. The van der Waals surface area contributed by atoms with Crippen LogP contribution in [0.25, 0.3) is 11.3 Å². The number of rotatable bonds is 3. The van der Waals surface area contributed by atoms with Crippen molar-refractivity contribution in [2.45, 2.75) is 26.2 Å². The molecule has 2 heterocycles. The van der Waals surface area contributed by atoms with Gasteiger partial charge in [-0.3, -0.25) is 0 Å². The minimum atomic E-state index is -0.130. The van der Waals surface area contributed by atoms with E-state index >= 15 is 0 Å². The average molecular weight is 344 g/mol. The Hall–Kier alpha value is -2.60. The number of benzene rings is 1. The lowest BCUT2D eigenvalue weighted by Gasteiger charge is -2.12. The number of aromatic nitrogens is 3. The molecule has 0 atom stereocenters. The van der Waals surface area contributed by atoms with Gasteiger partial charge in [0.15, 0.2) is 0 Å². The van der Waals surface area contributed by atoms with Gasteiger partial charge in [-0.25, -0.2) is 4.98 Å². The molecule has 24 heavy (non-hydrogen) atoms. The second-order valence-corrected chi connectivity index (χ2v) is 6.89. The van der Waals surface area contributed by atoms with E-state index in [1.807, 2.05) is 18.2 Å². The molecule has 2 aromatic heterocycles. The van der Waals surface area contributed by atoms with Crippen molar-refractivity contribution in [1.82, 2.24) is 15.1 Å². The van der Waals surface area contributed by atoms with Crippen molar-refractivity contribution >= 4 is 29.1 Å². The van der Waals surface area contributed by atoms with Crippen LogP contribution in [-0.4, -0.2) is 15.1 Å². The third-order valence-electron chi connectivity index (χ3n) is 3.42. The first kappa shape index (κ1) is 16.3. The van der Waals surface area contributed by atoms with E-state index in [2.05, 4.69) is 41.2 Å². The zero-order chi connectivity index (χ0) is 17.3. The zero-order valence-corrected chi connectivity index (χ0v) is 14.4. The Labute approximate surface area is 145 Å². The molecule has 0 bridgehead atoms. The fourth-order valence-corrected chi connectivity index (χ4v) is 2.29. The molecule has 0 saturated carbocycles. The van der Waals surface area contributed by atoms with Gasteiger partial charge >= 0.3 is 0 Å². The standard InChI is InChI=1S/C17H18ClN5O/c1-17(2,3)14-8-13(23-24-14)12-9-20-16(22-15(12)19)21-11-6-4-5-10(18)7-11/h4-9H,1-3H3,(H3,19,20,21,22). The molecule has 3 N–H and O–H groups in total. The number of nitrogens with zero attached hydrogens (tertiary/aromatic N) is 3. The molecule has 0 amide bonds. The predicted octanol–water partition coefficient (Wildman–Crippen LogP) is 4.41. The molecule has 3 aromatic rings. The summed E-state index contributed by atoms with van der Waals surface area (Å²) in [5, 5.41) is 7.76. The summed E-state index contributed by atoms with van der Waals surface area (Å²) in [4.78, 5) is 8.56. The number of nitrogens with one attached hydrogen (secondary N) is 1. The van der Waals surface area contributed by atoms with Crippen LogP contribution in [0, 0.1) is 0 Å². The maximum absolute atomic E-state index is 6.06. The second-order valence-electron chi connectivity index (χ2n) is 6.45. The van der Waals surface area contributed by atoms with Crippen LogP contribution in [0.4, 0.5) is 17.5 Å². The number of hydrogen-bond acceptors (Lipinski definition) is 6. The Balaban J connectivity index is 1.86. The first-order chi connectivity index (χ1) is 11.3. The minimum absolute atomic E-state index is 0.130. The van der Waals surface area contributed by atoms with Crippen LogP contribution >= 0.6 is 11.6 Å². The summed E-state index contributed by atoms with van der Waals surface area (Å²) in [6.45, 7) is 6.15. The van der Waals surface area contributed by atoms with Gasteiger partial charge in [-0.05, 0) is 18.2 Å². The molecule has 0 unspecified atom stereocenters. The molecular weight excluding hydrogens is 326 g/mol. The number of nitrogen functional groups attached to an aromatic ring is 1. The highest BCUT2D eigenvalue weighted by molar-refractivity contribution is 6.30. The Morgan fingerprint density at radius 2 is 2.00 bits per heavy atom. The normalized spacial score (nSPS) is 11.5. The summed E-state index contributed by atoms with van der Waals surface area (Å²) in [5.74, 6) is 1.49. The molecule has 0 saturated heterocycles. The quantitative estimate of drug-likeness (QED) is 0.732. The molecule has 0 aliphatic carbocycles. The van der Waals surface area contributed by atoms with Crippen molar-refractivity contribution in [2.75, 3.05) is 11.1 Å². The first-order valence-corrected chi connectivity index (χ1v) is 7.83. The third kappa shape index (κ3) is 3.49. The van der Waals surface area contributed by atoms with Crippen molar-refractivity contribution in [3.05, 3.63) is 47.3 Å². The minimum Gasteiger partial charge on any atom is -0.383 e. The average Bonchev–Trinajstić information content (AvgIpc) is 2.97. The molecule has 124 valence electrons. The van der Waals surface area contributed by atoms with E-state index < -0.39 is 0 Å². The Morgan fingerprint density at radius 3 is 2.62 bits per heavy atom. The molecule has 3 rings (SSSR count). The van der Waals surface area contributed by atoms with E-state index in [0.29, 0.717) is 28.0 Å². The molecule has 0 fully saturated rings. The molecule has 7 heteroatoms. The Bertz CT molecular complexity index is 869. The van der Waals surface area contributed by atoms with Crippen molar-refractivity contribution in [1.29, 1.82) is 0 Å². The largest absolute Gasteiger partial charge is 0.383 e. The Kier molecular flexibility index (Phi) is 4.15. The van der Waals surface area contributed by atoms with Crippen molar-refractivity contribution in [3.63, 3.8) is 0 Å². The van der Waals surface area contributed by atoms with E-state index in [1.54, 1.807) is 18.3 Å². The molecule has 0 spiro atoms. The fourth-order valence-electron chi connectivity index (χ4n) is 2.10. The van der Waals surface area contributed by atoms with Gasteiger partial charge in [0.05, 0.1) is 5.56 Å². The first-order valence-electron chi connectivity index (χ1n) is 7.45. The molecule has 6 nitrogen and oxygen atoms in total. The molecule has 0 aliphatic heterocycles. The molecule has 0 aliphatic rings. The maximum Gasteiger partial charge on any atom is 0.229 e. The summed E-state index contributed by atoms with van der Waals surface area (Å²) < 4.78 is 5.39. The lowest BCUT2D eigenvalue weighted by atomic mass is 9.93. The van der Waals surface area contributed by atoms with Crippen molar-refractivity contribution in [3.8, 4) is 11.3 Å². The topological polar surface area (TPSA) is 89.9 Å². The van der Waals surface area contributed by atoms with Gasteiger partial charge in [-0.2, -0.15) is 4.98 Å². The zero-order valence-electron chi connectivity index (χ0n) is 13.7. The van der Waals surface area contributed by atoms with Gasteiger partial charge in [-0.1, -0.05) is 43.6 Å². The summed E-state index contributed by atoms with van der Waals surface area (Å²) in [5.41, 5.74) is 7.96. The van der Waals surface area contributed by atoms with Gasteiger partial charge in [0, 0.05) is 28.4 Å². The van der Waals surface area contributed by atoms with Crippen molar-refractivity contribution in [2.24, 2.45) is 0 Å². The summed E-state index contributed by atoms with van der Waals surface area (Å²) in [7, 11) is 0. The number of halogens is 1. The van der Waals surface area contributed by atoms with Crippen LogP contribution in [0.2, 0.25) is 5.02 Å². The maximum atomic E-state index is 6.06. The highest BCUT2D eigenvalue weighted by Gasteiger charge is 2.21. The van der Waals surface area contributed by atoms with Crippen LogP contribution in [-0.2, 0) is 5.41 Å². The van der Waals surface area contributed by atoms with E-state index in [0.717, 1.165) is 11.4 Å². The summed E-state index contributed by atoms with van der Waals surface area (Å²) in [6.07, 6.45) is 1.62. The highest BCUT2D eigenvalue weighted by Crippen LogP contribution is 2.29. The van der Waals surface area contributed by atoms with Crippen LogP contribution in [0.5, 0.6) is 0 Å². The van der Waals surface area contributed by atoms with E-state index in [1.165, 1.54) is 0 Å². The van der Waals surface area contributed by atoms with E-state index in [9.17, 15) is 0 Å². The smallest absolute Gasteiger partial charge is 0.229 e. The second kappa shape index (κ2) is 6.13. The molecular formula is C17H18ClN5O. The van der Waals surface area contributed by atoms with Gasteiger partial charge in [-0.15, -0.1) is 0 Å². The Morgan fingerprint density at radius 1 is 1.21 bits per heavy atom. The molecule has 0 radical (unpaired) electrons. The van der Waals surface area contributed by atoms with Gasteiger partial charge in [0.1, 0.15) is 17.3 Å². The van der Waals surface area contributed by atoms with Gasteiger partial charge in [0.2, 0.25) is 5.95 Å². The lowest BCUT2D eigenvalue weighted by Crippen LogP contribution is -2.09. The monoisotopic (exact) mass is 343 g/mol. The number of anilines is 3. The van der Waals surface area contributed by atoms with Crippen LogP contribution < -0.4 is 11.1 Å². The molecule has 1 aromatic carbocycles. The van der Waals surface area contributed by atoms with Crippen LogP contribution in [0.15, 0.2) is 41.1 Å². The number of nitrogens with two attached hydrogens (primary N) is 1. The summed E-state index contributed by atoms with van der Waals surface area (Å²) >= 11 is 5.96. The predicted molar refractivity (Wildman–Crippen MR) is 95.4 cm³/mol. The van der Waals surface area contributed by atoms with Crippen molar-refractivity contribution < 1.29 is 4.52 Å². The van der Waals surface area contributed by atoms with Crippen LogP contribution in [0.3, 0.4) is 0 Å².